The van der Waals surface area contributed by atoms with Gasteiger partial charge in [0.15, 0.2) is 23.2 Å². The van der Waals surface area contributed by atoms with Crippen molar-refractivity contribution in [3.63, 3.8) is 0 Å². The highest BCUT2D eigenvalue weighted by Crippen LogP contribution is 2.47. The Hall–Kier alpha value is -9.77. The number of fused-ring (bicyclic) bond motifs is 14. The van der Waals surface area contributed by atoms with Gasteiger partial charge in [0, 0.05) is 95.5 Å². The molecule has 0 atom stereocenters. The van der Waals surface area contributed by atoms with Gasteiger partial charge in [-0.15, -0.1) is 22.7 Å². The molecule has 0 amide bonds. The van der Waals surface area contributed by atoms with Crippen molar-refractivity contribution in [3.8, 4) is 62.7 Å². The van der Waals surface area contributed by atoms with Crippen molar-refractivity contribution in [1.82, 2.24) is 24.1 Å². The Labute approximate surface area is 431 Å². The molecule has 0 fully saturated rings. The van der Waals surface area contributed by atoms with Gasteiger partial charge in [-0.25, -0.2) is 19.8 Å². The Morgan fingerprint density at radius 3 is 1.51 bits per heavy atom. The van der Waals surface area contributed by atoms with Crippen molar-refractivity contribution >= 4 is 112 Å². The summed E-state index contributed by atoms with van der Waals surface area (Å²) in [6.07, 6.45) is 0. The van der Waals surface area contributed by atoms with Crippen LogP contribution in [-0.4, -0.2) is 24.1 Å². The third-order valence-electron chi connectivity index (χ3n) is 14.5. The smallest absolute Gasteiger partial charge is 0.200 e. The summed E-state index contributed by atoms with van der Waals surface area (Å²) in [5.74, 6) is 1.27. The molecule has 9 heteroatoms. The number of hydrogen-bond acceptors (Lipinski definition) is 6. The summed E-state index contributed by atoms with van der Waals surface area (Å²) in [4.78, 5) is 19.8. The molecular formula is C65H35N7S2. The maximum Gasteiger partial charge on any atom is 0.200 e. The lowest BCUT2D eigenvalue weighted by molar-refractivity contribution is 1.07. The standard InChI is InChI=1S/C65H35N7S2/c1-67-52-36-41(72-54-24-12-8-22-50(54)60-56(72)34-32-46-44-20-10-14-26-58(44)74-62(46)60)28-30-48(52)65-69-63(38-15-3-2-4-16-38)68-64(70-65)47-29-27-40(35-51(47)42-18-6-5-17-39(42)37-66)71-53-23-11-7-21-49(53)59-55(71)33-31-45-43-19-9-13-25-57(43)73-61(45)59/h2-36H. The lowest BCUT2D eigenvalue weighted by atomic mass is 9.94. The van der Waals surface area contributed by atoms with E-state index in [1.54, 1.807) is 0 Å². The zero-order valence-corrected chi connectivity index (χ0v) is 40.8. The summed E-state index contributed by atoms with van der Waals surface area (Å²) >= 11 is 3.65. The number of aromatic nitrogens is 5. The van der Waals surface area contributed by atoms with Crippen LogP contribution >= 0.6 is 22.7 Å². The molecule has 0 N–H and O–H groups in total. The summed E-state index contributed by atoms with van der Waals surface area (Å²) in [5.41, 5.74) is 10.7. The Morgan fingerprint density at radius 1 is 0.405 bits per heavy atom. The van der Waals surface area contributed by atoms with Crippen LogP contribution in [0.5, 0.6) is 0 Å². The van der Waals surface area contributed by atoms with E-state index in [9.17, 15) is 5.26 Å². The highest BCUT2D eigenvalue weighted by Gasteiger charge is 2.24. The predicted molar refractivity (Wildman–Crippen MR) is 307 cm³/mol. The van der Waals surface area contributed by atoms with E-state index in [1.807, 2.05) is 89.4 Å². The molecule has 74 heavy (non-hydrogen) atoms. The van der Waals surface area contributed by atoms with E-state index in [0.717, 1.165) is 61.1 Å². The van der Waals surface area contributed by atoms with E-state index >= 15 is 0 Å². The minimum absolute atomic E-state index is 0.374. The second-order valence-corrected chi connectivity index (χ2v) is 20.6. The first-order valence-corrected chi connectivity index (χ1v) is 25.9. The summed E-state index contributed by atoms with van der Waals surface area (Å²) in [6.45, 7) is 8.67. The maximum atomic E-state index is 10.6. The molecular weight excluding hydrogens is 943 g/mol. The van der Waals surface area contributed by atoms with Crippen molar-refractivity contribution < 1.29 is 0 Å². The van der Waals surface area contributed by atoms with Crippen molar-refractivity contribution in [2.75, 3.05) is 0 Å². The highest BCUT2D eigenvalue weighted by molar-refractivity contribution is 7.27. The Bertz CT molecular complexity index is 4950. The van der Waals surface area contributed by atoms with Crippen LogP contribution in [0.15, 0.2) is 212 Å². The van der Waals surface area contributed by atoms with Gasteiger partial charge >= 0.3 is 0 Å². The number of nitriles is 1. The third-order valence-corrected chi connectivity index (χ3v) is 16.9. The predicted octanol–water partition coefficient (Wildman–Crippen LogP) is 17.9. The van der Waals surface area contributed by atoms with Gasteiger partial charge in [0.05, 0.1) is 40.3 Å². The van der Waals surface area contributed by atoms with Crippen molar-refractivity contribution in [2.24, 2.45) is 0 Å². The lowest BCUT2D eigenvalue weighted by Crippen LogP contribution is -2.03. The normalized spacial score (nSPS) is 11.8. The lowest BCUT2D eigenvalue weighted by Gasteiger charge is -2.16. The van der Waals surface area contributed by atoms with Gasteiger partial charge in [-0.3, -0.25) is 0 Å². The van der Waals surface area contributed by atoms with Crippen molar-refractivity contribution in [3.05, 3.63) is 229 Å². The fourth-order valence-electron chi connectivity index (χ4n) is 11.2. The van der Waals surface area contributed by atoms with Crippen LogP contribution in [-0.2, 0) is 0 Å². The van der Waals surface area contributed by atoms with Crippen LogP contribution in [0.3, 0.4) is 0 Å². The van der Waals surface area contributed by atoms with Gasteiger partial charge in [-0.2, -0.15) is 5.26 Å². The van der Waals surface area contributed by atoms with E-state index < -0.39 is 0 Å². The summed E-state index contributed by atoms with van der Waals surface area (Å²) in [6, 6.07) is 75.7. The monoisotopic (exact) mass is 977 g/mol. The fourth-order valence-corrected chi connectivity index (χ4v) is 13.7. The van der Waals surface area contributed by atoms with Crippen LogP contribution in [0.25, 0.3) is 145 Å². The molecule has 0 aliphatic heterocycles. The van der Waals surface area contributed by atoms with E-state index in [2.05, 4.69) is 166 Å². The molecule has 0 bridgehead atoms. The minimum atomic E-state index is 0.374. The van der Waals surface area contributed by atoms with E-state index in [-0.39, 0.29) is 0 Å². The molecule has 0 aliphatic carbocycles. The molecule has 0 unspecified atom stereocenters. The van der Waals surface area contributed by atoms with Crippen LogP contribution in [0.1, 0.15) is 5.56 Å². The number of nitrogens with zero attached hydrogens (tertiary/aromatic N) is 7. The summed E-state index contributed by atoms with van der Waals surface area (Å²) in [5, 5.41) is 20.4. The SMILES string of the molecule is [C-]#[N+]c1cc(-n2c3ccccc3c3c4sc5ccccc5c4ccc32)ccc1-c1nc(-c2ccccc2)nc(-c2ccc(-n3c4ccccc4c4c5sc6ccccc6c5ccc43)cc2-c2ccccc2C#N)n1. The Balaban J connectivity index is 0.935. The molecule has 0 aliphatic rings. The van der Waals surface area contributed by atoms with Crippen LogP contribution in [0, 0.1) is 17.9 Å². The van der Waals surface area contributed by atoms with Crippen LogP contribution in [0.4, 0.5) is 5.69 Å². The first kappa shape index (κ1) is 42.0. The minimum Gasteiger partial charge on any atom is -0.310 e. The van der Waals surface area contributed by atoms with Crippen LogP contribution < -0.4 is 0 Å². The highest BCUT2D eigenvalue weighted by atomic mass is 32.1. The number of thiophene rings is 2. The number of rotatable bonds is 6. The van der Waals surface area contributed by atoms with Crippen molar-refractivity contribution in [1.29, 1.82) is 5.26 Å². The molecule has 10 aromatic carbocycles. The Kier molecular flexibility index (Phi) is 9.29. The molecule has 0 radical (unpaired) electrons. The van der Waals surface area contributed by atoms with Crippen molar-refractivity contribution in [2.45, 2.75) is 0 Å². The van der Waals surface area contributed by atoms with Gasteiger partial charge in [0.1, 0.15) is 0 Å². The molecule has 15 rings (SSSR count). The topological polar surface area (TPSA) is 76.7 Å². The third kappa shape index (κ3) is 6.25. The van der Waals surface area contributed by atoms with Crippen LogP contribution in [0.2, 0.25) is 0 Å². The number of para-hydroxylation sites is 2. The molecule has 7 nitrogen and oxygen atoms in total. The average molecular weight is 978 g/mol. The first-order valence-electron chi connectivity index (χ1n) is 24.3. The van der Waals surface area contributed by atoms with E-state index in [0.29, 0.717) is 34.3 Å². The zero-order valence-electron chi connectivity index (χ0n) is 39.2. The largest absolute Gasteiger partial charge is 0.310 e. The molecule has 5 aromatic heterocycles. The Morgan fingerprint density at radius 2 is 0.905 bits per heavy atom. The molecule has 342 valence electrons. The summed E-state index contributed by atoms with van der Waals surface area (Å²) < 4.78 is 9.62. The van der Waals surface area contributed by atoms with Gasteiger partial charge in [0.2, 0.25) is 0 Å². The molecule has 0 saturated carbocycles. The van der Waals surface area contributed by atoms with E-state index in [4.69, 9.17) is 21.5 Å². The fraction of sp³-hybridized carbons (Fsp3) is 0. The molecule has 5 heterocycles. The second kappa shape index (κ2) is 16.4. The maximum absolute atomic E-state index is 10.6. The zero-order chi connectivity index (χ0) is 49.0. The number of hydrogen-bond donors (Lipinski definition) is 0. The van der Waals surface area contributed by atoms with Gasteiger partial charge in [-0.05, 0) is 78.4 Å². The van der Waals surface area contributed by atoms with Gasteiger partial charge in [-0.1, -0.05) is 140 Å². The van der Waals surface area contributed by atoms with Gasteiger partial charge < -0.3 is 9.13 Å². The van der Waals surface area contributed by atoms with Gasteiger partial charge in [0.25, 0.3) is 0 Å². The molecule has 0 saturated heterocycles. The first-order chi connectivity index (χ1) is 36.6. The van der Waals surface area contributed by atoms with E-state index in [1.165, 1.54) is 56.5 Å². The molecule has 15 aromatic rings. The second-order valence-electron chi connectivity index (χ2n) is 18.4. The quantitative estimate of drug-likeness (QED) is 0.156. The number of benzene rings is 10. The average Bonchev–Trinajstić information content (AvgIpc) is 4.27. The molecule has 0 spiro atoms. The summed E-state index contributed by atoms with van der Waals surface area (Å²) in [7, 11) is 0.